The zero-order chi connectivity index (χ0) is 95.6. The summed E-state index contributed by atoms with van der Waals surface area (Å²) in [5.41, 5.74) is 14.7. The van der Waals surface area contributed by atoms with E-state index < -0.39 is 140 Å². The van der Waals surface area contributed by atoms with Gasteiger partial charge in [-0.05, 0) is 205 Å². The van der Waals surface area contributed by atoms with Crippen LogP contribution in [0.4, 0.5) is 0 Å². The van der Waals surface area contributed by atoms with Gasteiger partial charge in [-0.25, -0.2) is 11.0 Å². The number of hydrogen-bond donors (Lipinski definition) is 15. The van der Waals surface area contributed by atoms with Gasteiger partial charge in [0, 0.05) is 52.0 Å². The van der Waals surface area contributed by atoms with E-state index in [4.69, 9.17) is 49.6 Å². The number of carbonyl (C=O) groups is 4. The number of primary amides is 2. The number of ether oxygens (including phenoxy) is 6. The van der Waals surface area contributed by atoms with Crippen molar-refractivity contribution in [1.82, 2.24) is 11.0 Å². The minimum Gasteiger partial charge on any atom is -0.508 e. The van der Waals surface area contributed by atoms with Gasteiger partial charge in [0.05, 0.1) is 52.1 Å². The maximum absolute atomic E-state index is 13.4. The lowest BCUT2D eigenvalue weighted by Gasteiger charge is -2.41. The number of aryl methyl sites for hydroxylation is 7. The fraction of sp³-hybridized carbons (Fsp3) is 0.290. The molecule has 20 rings (SSSR count). The molecule has 17 N–H and O–H groups in total. The van der Waals surface area contributed by atoms with Crippen LogP contribution < -0.4 is 50.8 Å². The molecule has 20 atom stereocenters. The number of nitrogens with one attached hydrogen (secondary N) is 2. The van der Waals surface area contributed by atoms with E-state index in [1.54, 1.807) is 81.8 Å². The summed E-state index contributed by atoms with van der Waals surface area (Å²) in [5, 5.41) is 127. The first-order valence-corrected chi connectivity index (χ1v) is 43.9. The molecule has 0 radical (unpaired) electrons. The molecule has 4 amide bonds. The third-order valence-corrected chi connectivity index (χ3v) is 28.7. The van der Waals surface area contributed by atoms with E-state index in [2.05, 4.69) is 11.0 Å². The second kappa shape index (κ2) is 34.4. The van der Waals surface area contributed by atoms with Gasteiger partial charge in [0.25, 0.3) is 0 Å². The van der Waals surface area contributed by atoms with Crippen LogP contribution in [0.1, 0.15) is 129 Å². The molecule has 0 saturated heterocycles. The number of nitrogens with two attached hydrogens (primary N) is 2. The number of hydrogen-bond acceptors (Lipinski definition) is 23. The van der Waals surface area contributed by atoms with Gasteiger partial charge in [-0.1, -0.05) is 188 Å². The molecule has 27 nitrogen and oxygen atoms in total. The van der Waals surface area contributed by atoms with Crippen LogP contribution in [-0.2, 0) is 73.7 Å². The fourth-order valence-electron chi connectivity index (χ4n) is 23.9. The number of carbonyl (C=O) groups excluding carboxylic acids is 4. The summed E-state index contributed by atoms with van der Waals surface area (Å²) in [4.78, 5) is 61.9. The van der Waals surface area contributed by atoms with Gasteiger partial charge in [0.2, 0.25) is 23.6 Å². The number of aliphatic hydroxyl groups is 8. The van der Waals surface area contributed by atoms with E-state index in [0.29, 0.717) is 95.5 Å². The number of aromatic hydroxyl groups is 3. The average Bonchev–Trinajstić information content (AvgIpc) is 1.51. The van der Waals surface area contributed by atoms with Crippen molar-refractivity contribution in [3.63, 3.8) is 0 Å². The number of amides is 4. The fourth-order valence-corrected chi connectivity index (χ4v) is 23.9. The third-order valence-electron chi connectivity index (χ3n) is 28.7. The maximum atomic E-state index is 13.4. The minimum absolute atomic E-state index is 0.0332. The second-order valence-electron chi connectivity index (χ2n) is 36.0. The molecule has 0 spiro atoms. The molecule has 12 aromatic carbocycles. The number of phenolic OH excluding ortho intramolecular Hbond substituents is 3. The lowest BCUT2D eigenvalue weighted by atomic mass is 9.70. The Labute approximate surface area is 773 Å². The standard InChI is InChI=1S/C28H29NO6.C27H27NO7.2C26H25NO5/c1-16-14-17(2)23-21(15-16)35-28(19-10-12-20(33-3)13-11-19)24(18-8-6-5-7-9-18)22(26(31)29-34-4)25(30)27(23,28)32;1-15-13-18(29)14-20-22(15)26(32)24(30)21(25(31)28-34-3)23(16-7-5-4-6-8-16)27(26,35-20)17-9-11-19(33-2)12-10-17;2*1-14-12-15(2)21-19(13-14)32-26(17-8-10-18(28)11-9-17)22(16-6-4-3-5-7-16)20(24(27)30)23(29)25(21,26)31/h5-15,22,24-25,30,32H,1-4H3,(H,29,31);4-14,21,23-24,29-30,32H,1-3H3,(H,28,31);2*3-13,20,22-23,28-29,31H,1-2H3,(H2,27,30)/t22-,24-,25-,27+,28+;21-,23-,24-,26+,27+;2*20-,22-,23-,25+,26+/m1010/s1. The Morgan fingerprint density at radius 2 is 0.537 bits per heavy atom. The summed E-state index contributed by atoms with van der Waals surface area (Å²) in [7, 11) is 5.78. The van der Waals surface area contributed by atoms with Crippen LogP contribution >= 0.6 is 0 Å². The predicted octanol–water partition coefficient (Wildman–Crippen LogP) is 11.4. The minimum atomic E-state index is -2.04. The van der Waals surface area contributed by atoms with Crippen molar-refractivity contribution >= 4 is 23.6 Å². The Kier molecular flexibility index (Phi) is 23.7. The smallest absolute Gasteiger partial charge is 0.250 e. The summed E-state index contributed by atoms with van der Waals surface area (Å²) in [5.74, 6) is -7.17. The molecular formula is C107H106N4O23. The summed E-state index contributed by atoms with van der Waals surface area (Å²) in [6.45, 7) is 13.1. The van der Waals surface area contributed by atoms with Crippen molar-refractivity contribution in [3.8, 4) is 51.7 Å². The summed E-state index contributed by atoms with van der Waals surface area (Å²) in [6, 6.07) is 77.9. The Morgan fingerprint density at radius 1 is 0.306 bits per heavy atom. The molecule has 12 aromatic rings. The van der Waals surface area contributed by atoms with Gasteiger partial charge in [-0.3, -0.25) is 28.9 Å². The molecule has 8 aliphatic rings. The molecule has 0 bridgehead atoms. The zero-order valence-electron chi connectivity index (χ0n) is 75.3. The van der Waals surface area contributed by atoms with Gasteiger partial charge < -0.3 is 96.1 Å². The normalized spacial score (nSPS) is 29.5. The van der Waals surface area contributed by atoms with Crippen LogP contribution in [0.25, 0.3) is 0 Å². The van der Waals surface area contributed by atoms with E-state index in [1.807, 2.05) is 211 Å². The maximum Gasteiger partial charge on any atom is 0.250 e. The summed E-state index contributed by atoms with van der Waals surface area (Å²) >= 11 is 0. The summed E-state index contributed by atoms with van der Waals surface area (Å²) in [6.07, 6.45) is -6.09. The van der Waals surface area contributed by atoms with Crippen LogP contribution in [0.15, 0.2) is 267 Å². The largest absolute Gasteiger partial charge is 0.508 e. The molecule has 4 fully saturated rings. The molecule has 27 heteroatoms. The van der Waals surface area contributed by atoms with Gasteiger partial charge >= 0.3 is 0 Å². The first kappa shape index (κ1) is 92.2. The topological polar surface area (TPSA) is 441 Å². The molecule has 4 saturated carbocycles. The van der Waals surface area contributed by atoms with E-state index in [1.165, 1.54) is 50.6 Å². The Bertz CT molecular complexity index is 6110. The van der Waals surface area contributed by atoms with Crippen molar-refractivity contribution in [1.29, 1.82) is 0 Å². The number of phenols is 3. The van der Waals surface area contributed by atoms with Gasteiger partial charge in [-0.15, -0.1) is 0 Å². The predicted molar refractivity (Wildman–Crippen MR) is 491 cm³/mol. The summed E-state index contributed by atoms with van der Waals surface area (Å²) < 4.78 is 37.3. The SMILES string of the molecule is CONC(=O)[C@@H]1[C@H](O)[C@]2(O)c3c(C)cc(O)cc3O[C@]2(c2ccc(OC)cc2)[C@H]1c1ccccc1.CONC(=O)[C@H]1[C@@H](O)[C@@]2(O)c3c(C)cc(C)cc3O[C@@]2(c2ccc(OC)cc2)[C@@H]1c1ccccc1.Cc1cc(C)c2c(c1)O[C@@]1(c3ccc(O)cc3)[C@H](c3ccccc3)[C@@H](C(N)=O)[C@@H](O)[C@@]21O.Cc1cc(C)c2c(c1)O[C@]1(c3ccc(O)cc3)[C@@H](c3ccccc3)[C@H](C(N)=O)[C@H](O)[C@]21O. The second-order valence-corrected chi connectivity index (χ2v) is 36.0. The highest BCUT2D eigenvalue weighted by Crippen LogP contribution is 2.74. The lowest BCUT2D eigenvalue weighted by Crippen LogP contribution is -2.52. The molecule has 0 unspecified atom stereocenters. The zero-order valence-corrected chi connectivity index (χ0v) is 75.3. The third kappa shape index (κ3) is 13.4. The lowest BCUT2D eigenvalue weighted by molar-refractivity contribution is -0.156. The van der Waals surface area contributed by atoms with Crippen molar-refractivity contribution in [2.24, 2.45) is 35.1 Å². The number of fused-ring (bicyclic) bond motifs is 12. The Balaban J connectivity index is 0.000000124. The number of aliphatic hydroxyl groups excluding tert-OH is 4. The number of methoxy groups -OCH3 is 2. The van der Waals surface area contributed by atoms with E-state index in [-0.39, 0.29) is 23.0 Å². The highest BCUT2D eigenvalue weighted by atomic mass is 16.6. The van der Waals surface area contributed by atoms with Gasteiger partial charge in [0.15, 0.2) is 44.8 Å². The van der Waals surface area contributed by atoms with E-state index in [9.17, 15) is 75.3 Å². The van der Waals surface area contributed by atoms with Crippen LogP contribution in [0, 0.1) is 72.1 Å². The molecule has 0 aromatic heterocycles. The number of benzene rings is 12. The van der Waals surface area contributed by atoms with Crippen LogP contribution in [0.2, 0.25) is 0 Å². The van der Waals surface area contributed by atoms with Crippen molar-refractivity contribution < 1.29 is 113 Å². The molecule has 134 heavy (non-hydrogen) atoms. The van der Waals surface area contributed by atoms with E-state index >= 15 is 0 Å². The molecule has 692 valence electrons. The van der Waals surface area contributed by atoms with Crippen molar-refractivity contribution in [2.45, 2.75) is 141 Å². The first-order chi connectivity index (χ1) is 64.0. The highest BCUT2D eigenvalue weighted by Gasteiger charge is 2.82. The molecule has 4 heterocycles. The van der Waals surface area contributed by atoms with Crippen LogP contribution in [-0.4, -0.2) is 133 Å². The highest BCUT2D eigenvalue weighted by molar-refractivity contribution is 5.85. The molecule has 4 aliphatic carbocycles. The molecular weight excluding hydrogens is 1710 g/mol. The Hall–Kier alpha value is -13.7. The van der Waals surface area contributed by atoms with Crippen molar-refractivity contribution in [2.75, 3.05) is 28.4 Å². The first-order valence-electron chi connectivity index (χ1n) is 43.9. The monoisotopic (exact) mass is 1810 g/mol. The Morgan fingerprint density at radius 3 is 0.784 bits per heavy atom. The average molecular weight is 1820 g/mol. The van der Waals surface area contributed by atoms with Crippen molar-refractivity contribution in [3.05, 3.63) is 373 Å². The quantitative estimate of drug-likeness (QED) is 0.0400. The van der Waals surface area contributed by atoms with Gasteiger partial charge in [0.1, 0.15) is 76.2 Å². The number of hydroxylamine groups is 2. The van der Waals surface area contributed by atoms with E-state index in [0.717, 1.165) is 38.9 Å². The number of rotatable bonds is 16. The molecule has 4 aliphatic heterocycles. The van der Waals surface area contributed by atoms with Gasteiger partial charge in [-0.2, -0.15) is 0 Å². The van der Waals surface area contributed by atoms with Crippen LogP contribution in [0.3, 0.4) is 0 Å². The van der Waals surface area contributed by atoms with Crippen LogP contribution in [0.5, 0.6) is 51.7 Å².